The first-order valence-corrected chi connectivity index (χ1v) is 10.9. The first-order chi connectivity index (χ1) is 15.1. The Bertz CT molecular complexity index is 1030. The molecule has 4 atom stereocenters. The van der Waals surface area contributed by atoms with E-state index in [0.717, 1.165) is 23.1 Å². The summed E-state index contributed by atoms with van der Waals surface area (Å²) in [5, 5.41) is 11.6. The number of β-lactam (4-membered cyclic amide) rings is 1. The third kappa shape index (κ3) is 3.60. The first kappa shape index (κ1) is 21.1. The van der Waals surface area contributed by atoms with Crippen LogP contribution >= 0.6 is 0 Å². The SMILES string of the molecule is CC/C=C/[C@@]1([C@@H](O)c2ccccc2)C(=O)N([C@@H](C)c2ccccc2)[C@H]1c1ccccc1. The highest BCUT2D eigenvalue weighted by Gasteiger charge is 2.64. The molecule has 0 spiro atoms. The Kier molecular flexibility index (Phi) is 6.06. The zero-order valence-electron chi connectivity index (χ0n) is 18.1. The van der Waals surface area contributed by atoms with Gasteiger partial charge in [0.25, 0.3) is 0 Å². The maximum atomic E-state index is 13.9. The van der Waals surface area contributed by atoms with Gasteiger partial charge >= 0.3 is 0 Å². The van der Waals surface area contributed by atoms with E-state index in [4.69, 9.17) is 0 Å². The molecular formula is C28H29NO2. The number of rotatable bonds is 7. The molecule has 3 aromatic carbocycles. The van der Waals surface area contributed by atoms with Crippen molar-refractivity contribution in [2.75, 3.05) is 0 Å². The van der Waals surface area contributed by atoms with Crippen molar-refractivity contribution in [1.29, 1.82) is 0 Å². The molecular weight excluding hydrogens is 382 g/mol. The molecule has 0 radical (unpaired) electrons. The maximum absolute atomic E-state index is 13.9. The predicted octanol–water partition coefficient (Wildman–Crippen LogP) is 6.02. The smallest absolute Gasteiger partial charge is 0.239 e. The summed E-state index contributed by atoms with van der Waals surface area (Å²) in [7, 11) is 0. The standard InChI is InChI=1S/C28H29NO2/c1-3-4-20-28(26(30)24-18-12-7-13-19-24)25(23-16-10-6-11-17-23)29(27(28)31)21(2)22-14-8-5-9-15-22/h4-21,25-26,30H,3H2,1-2H3/b20-4+/t21-,25-,26-,28+/m0/s1. The summed E-state index contributed by atoms with van der Waals surface area (Å²) in [6, 6.07) is 29.3. The van der Waals surface area contributed by atoms with Gasteiger partial charge in [0.15, 0.2) is 0 Å². The van der Waals surface area contributed by atoms with E-state index in [1.54, 1.807) is 0 Å². The number of benzene rings is 3. The quantitative estimate of drug-likeness (QED) is 0.382. The fraction of sp³-hybridized carbons (Fsp3) is 0.250. The number of amides is 1. The van der Waals surface area contributed by atoms with Crippen LogP contribution in [0, 0.1) is 5.41 Å². The zero-order chi connectivity index (χ0) is 21.8. The van der Waals surface area contributed by atoms with Crippen molar-refractivity contribution in [1.82, 2.24) is 4.90 Å². The molecule has 0 aliphatic carbocycles. The number of aliphatic hydroxyl groups is 1. The van der Waals surface area contributed by atoms with Crippen LogP contribution in [0.5, 0.6) is 0 Å². The van der Waals surface area contributed by atoms with Crippen LogP contribution in [0.15, 0.2) is 103 Å². The Labute approximate surface area is 184 Å². The molecule has 1 fully saturated rings. The molecule has 1 aliphatic heterocycles. The summed E-state index contributed by atoms with van der Waals surface area (Å²) >= 11 is 0. The minimum atomic E-state index is -1.04. The highest BCUT2D eigenvalue weighted by Crippen LogP contribution is 2.60. The number of carbonyl (C=O) groups excluding carboxylic acids is 1. The molecule has 4 rings (SSSR count). The average Bonchev–Trinajstić information content (AvgIpc) is 2.84. The van der Waals surface area contributed by atoms with Crippen LogP contribution in [-0.2, 0) is 4.79 Å². The number of nitrogens with zero attached hydrogens (tertiary/aromatic N) is 1. The molecule has 3 heteroatoms. The van der Waals surface area contributed by atoms with Crippen molar-refractivity contribution < 1.29 is 9.90 Å². The minimum absolute atomic E-state index is 0.0428. The lowest BCUT2D eigenvalue weighted by Gasteiger charge is -2.59. The van der Waals surface area contributed by atoms with Gasteiger partial charge in [-0.2, -0.15) is 0 Å². The molecule has 1 saturated heterocycles. The van der Waals surface area contributed by atoms with Crippen molar-refractivity contribution in [2.24, 2.45) is 5.41 Å². The first-order valence-electron chi connectivity index (χ1n) is 10.9. The molecule has 158 valence electrons. The summed E-state index contributed by atoms with van der Waals surface area (Å²) < 4.78 is 0. The molecule has 0 unspecified atom stereocenters. The maximum Gasteiger partial charge on any atom is 0.239 e. The lowest BCUT2D eigenvalue weighted by atomic mass is 9.61. The highest BCUT2D eigenvalue weighted by atomic mass is 16.3. The fourth-order valence-corrected chi connectivity index (χ4v) is 4.73. The third-order valence-electron chi connectivity index (χ3n) is 6.35. The third-order valence-corrected chi connectivity index (χ3v) is 6.35. The van der Waals surface area contributed by atoms with Gasteiger partial charge in [-0.3, -0.25) is 4.79 Å². The number of aliphatic hydroxyl groups excluding tert-OH is 1. The van der Waals surface area contributed by atoms with Crippen molar-refractivity contribution in [3.63, 3.8) is 0 Å². The van der Waals surface area contributed by atoms with Crippen LogP contribution in [-0.4, -0.2) is 15.9 Å². The van der Waals surface area contributed by atoms with E-state index in [2.05, 4.69) is 19.1 Å². The molecule has 1 aliphatic rings. The number of likely N-dealkylation sites (tertiary alicyclic amines) is 1. The monoisotopic (exact) mass is 411 g/mol. The molecule has 0 saturated carbocycles. The van der Waals surface area contributed by atoms with E-state index < -0.39 is 11.5 Å². The summed E-state index contributed by atoms with van der Waals surface area (Å²) in [4.78, 5) is 15.8. The van der Waals surface area contributed by atoms with Gasteiger partial charge in [0.1, 0.15) is 5.41 Å². The average molecular weight is 412 g/mol. The van der Waals surface area contributed by atoms with Gasteiger partial charge in [-0.05, 0) is 30.0 Å². The number of carbonyl (C=O) groups is 1. The molecule has 3 nitrogen and oxygen atoms in total. The van der Waals surface area contributed by atoms with Gasteiger partial charge in [-0.1, -0.05) is 110 Å². The molecule has 0 bridgehead atoms. The van der Waals surface area contributed by atoms with Gasteiger partial charge < -0.3 is 10.0 Å². The van der Waals surface area contributed by atoms with E-state index in [9.17, 15) is 9.90 Å². The zero-order valence-corrected chi connectivity index (χ0v) is 18.1. The predicted molar refractivity (Wildman–Crippen MR) is 124 cm³/mol. The van der Waals surface area contributed by atoms with Crippen molar-refractivity contribution in [3.8, 4) is 0 Å². The van der Waals surface area contributed by atoms with Crippen LogP contribution in [0.1, 0.15) is 55.1 Å². The van der Waals surface area contributed by atoms with Gasteiger partial charge in [-0.15, -0.1) is 0 Å². The van der Waals surface area contributed by atoms with E-state index in [1.807, 2.05) is 103 Å². The van der Waals surface area contributed by atoms with Crippen LogP contribution in [0.4, 0.5) is 0 Å². The molecule has 1 N–H and O–H groups in total. The Morgan fingerprint density at radius 3 is 1.97 bits per heavy atom. The molecule has 1 heterocycles. The Morgan fingerprint density at radius 1 is 0.903 bits per heavy atom. The lowest BCUT2D eigenvalue weighted by Crippen LogP contribution is -2.65. The second kappa shape index (κ2) is 8.91. The van der Waals surface area contributed by atoms with Crippen molar-refractivity contribution >= 4 is 5.91 Å². The summed E-state index contributed by atoms with van der Waals surface area (Å²) in [6.45, 7) is 4.11. The summed E-state index contributed by atoms with van der Waals surface area (Å²) in [5.74, 6) is -0.0428. The molecule has 0 aromatic heterocycles. The van der Waals surface area contributed by atoms with Crippen molar-refractivity contribution in [3.05, 3.63) is 120 Å². The second-order valence-corrected chi connectivity index (χ2v) is 8.17. The second-order valence-electron chi connectivity index (χ2n) is 8.17. The minimum Gasteiger partial charge on any atom is -0.387 e. The van der Waals surface area contributed by atoms with Crippen LogP contribution in [0.25, 0.3) is 0 Å². The number of hydrogen-bond donors (Lipinski definition) is 1. The highest BCUT2D eigenvalue weighted by molar-refractivity contribution is 5.94. The Morgan fingerprint density at radius 2 is 1.42 bits per heavy atom. The van der Waals surface area contributed by atoms with E-state index >= 15 is 0 Å². The van der Waals surface area contributed by atoms with Crippen LogP contribution in [0.2, 0.25) is 0 Å². The van der Waals surface area contributed by atoms with Gasteiger partial charge in [-0.25, -0.2) is 0 Å². The van der Waals surface area contributed by atoms with E-state index in [-0.39, 0.29) is 18.0 Å². The number of hydrogen-bond acceptors (Lipinski definition) is 2. The summed E-state index contributed by atoms with van der Waals surface area (Å²) in [5.41, 5.74) is 1.83. The van der Waals surface area contributed by atoms with E-state index in [0.29, 0.717) is 0 Å². The largest absolute Gasteiger partial charge is 0.387 e. The summed E-state index contributed by atoms with van der Waals surface area (Å²) in [6.07, 6.45) is 3.81. The Hall–Kier alpha value is -3.17. The normalized spacial score (nSPS) is 22.9. The lowest BCUT2D eigenvalue weighted by molar-refractivity contribution is -0.186. The van der Waals surface area contributed by atoms with Crippen LogP contribution in [0.3, 0.4) is 0 Å². The van der Waals surface area contributed by atoms with Crippen LogP contribution < -0.4 is 0 Å². The number of allylic oxidation sites excluding steroid dienone is 1. The fourth-order valence-electron chi connectivity index (χ4n) is 4.73. The molecule has 3 aromatic rings. The van der Waals surface area contributed by atoms with Gasteiger partial charge in [0.05, 0.1) is 18.2 Å². The topological polar surface area (TPSA) is 40.5 Å². The molecule has 1 amide bonds. The van der Waals surface area contributed by atoms with Gasteiger partial charge in [0, 0.05) is 0 Å². The van der Waals surface area contributed by atoms with Gasteiger partial charge in [0.2, 0.25) is 5.91 Å². The molecule has 31 heavy (non-hydrogen) atoms. The van der Waals surface area contributed by atoms with Crippen molar-refractivity contribution in [2.45, 2.75) is 38.5 Å². The van der Waals surface area contributed by atoms with E-state index in [1.165, 1.54) is 0 Å². The Balaban J connectivity index is 1.85.